The van der Waals surface area contributed by atoms with Crippen molar-refractivity contribution in [3.05, 3.63) is 0 Å². The molecule has 0 aliphatic heterocycles. The molecule has 14 heavy (non-hydrogen) atoms. The van der Waals surface area contributed by atoms with Crippen molar-refractivity contribution in [2.75, 3.05) is 0 Å². The van der Waals surface area contributed by atoms with E-state index in [0.717, 1.165) is 6.42 Å². The van der Waals surface area contributed by atoms with Crippen LogP contribution in [0.4, 0.5) is 13.2 Å². The fourth-order valence-electron chi connectivity index (χ4n) is 1.27. The third-order valence-corrected chi connectivity index (χ3v) is 1.91. The highest BCUT2D eigenvalue weighted by Gasteiger charge is 2.30. The van der Waals surface area contributed by atoms with Gasteiger partial charge in [0.05, 0.1) is 6.42 Å². The van der Waals surface area contributed by atoms with Gasteiger partial charge >= 0.3 is 6.18 Å². The summed E-state index contributed by atoms with van der Waals surface area (Å²) in [6.45, 7) is 3.42. The summed E-state index contributed by atoms with van der Waals surface area (Å²) in [6, 6.07) is -0.592. The van der Waals surface area contributed by atoms with Crippen LogP contribution in [-0.4, -0.2) is 18.3 Å². The Morgan fingerprint density at radius 3 is 2.36 bits per heavy atom. The first-order valence-corrected chi connectivity index (χ1v) is 4.65. The van der Waals surface area contributed by atoms with Gasteiger partial charge in [0.2, 0.25) is 0 Å². The first-order chi connectivity index (χ1) is 6.39. The number of nitrogens with one attached hydrogen (secondary N) is 1. The first-order valence-electron chi connectivity index (χ1n) is 4.65. The van der Waals surface area contributed by atoms with Crippen molar-refractivity contribution in [1.82, 2.24) is 5.32 Å². The molecule has 0 fully saturated rings. The Labute approximate surface area is 83.1 Å². The second-order valence-electron chi connectivity index (χ2n) is 3.40. The maximum atomic E-state index is 12.0. The molecule has 0 aromatic heterocycles. The number of rotatable bonds is 5. The average molecular weight is 207 g/mol. The zero-order valence-electron chi connectivity index (χ0n) is 8.49. The summed E-state index contributed by atoms with van der Waals surface area (Å²) in [7, 11) is 0. The monoisotopic (exact) mass is 207 g/mol. The van der Waals surface area contributed by atoms with E-state index in [1.807, 2.05) is 6.92 Å². The first kappa shape index (κ1) is 13.3. The molecule has 1 nitrogen and oxygen atoms in total. The van der Waals surface area contributed by atoms with Crippen molar-refractivity contribution in [2.24, 2.45) is 0 Å². The second kappa shape index (κ2) is 5.92. The van der Waals surface area contributed by atoms with Crippen molar-refractivity contribution in [3.8, 4) is 12.3 Å². The molecule has 4 heteroatoms. The molecule has 82 valence electrons. The molecule has 0 aromatic rings. The van der Waals surface area contributed by atoms with E-state index in [0.29, 0.717) is 6.42 Å². The topological polar surface area (TPSA) is 12.0 Å². The minimum absolute atomic E-state index is 0.0163. The van der Waals surface area contributed by atoms with Crippen LogP contribution in [0.25, 0.3) is 0 Å². The molecule has 0 aromatic carbocycles. The van der Waals surface area contributed by atoms with Crippen LogP contribution in [-0.2, 0) is 0 Å². The summed E-state index contributed by atoms with van der Waals surface area (Å²) in [5, 5.41) is 2.86. The van der Waals surface area contributed by atoms with Crippen LogP contribution in [0.5, 0.6) is 0 Å². The number of alkyl halides is 3. The summed E-state index contributed by atoms with van der Waals surface area (Å²) in [6.07, 6.45) is 1.39. The molecule has 2 atom stereocenters. The lowest BCUT2D eigenvalue weighted by molar-refractivity contribution is -0.139. The summed E-state index contributed by atoms with van der Waals surface area (Å²) < 4.78 is 35.9. The Kier molecular flexibility index (Phi) is 5.63. The van der Waals surface area contributed by atoms with Gasteiger partial charge in [0.1, 0.15) is 0 Å². The summed E-state index contributed by atoms with van der Waals surface area (Å²) in [4.78, 5) is 0. The minimum Gasteiger partial charge on any atom is -0.310 e. The van der Waals surface area contributed by atoms with Crippen LogP contribution >= 0.6 is 0 Å². The van der Waals surface area contributed by atoms with E-state index in [1.165, 1.54) is 6.92 Å². The van der Waals surface area contributed by atoms with E-state index >= 15 is 0 Å². The molecule has 1 N–H and O–H groups in total. The van der Waals surface area contributed by atoms with Crippen LogP contribution in [0, 0.1) is 12.3 Å². The van der Waals surface area contributed by atoms with E-state index in [9.17, 15) is 13.2 Å². The van der Waals surface area contributed by atoms with Gasteiger partial charge in [-0.15, -0.1) is 12.3 Å². The molecule has 0 heterocycles. The minimum atomic E-state index is -4.11. The largest absolute Gasteiger partial charge is 0.390 e. The number of terminal acetylenes is 1. The lowest BCUT2D eigenvalue weighted by Crippen LogP contribution is -2.38. The van der Waals surface area contributed by atoms with Gasteiger partial charge in [0.25, 0.3) is 0 Å². The Morgan fingerprint density at radius 1 is 1.43 bits per heavy atom. The van der Waals surface area contributed by atoms with Crippen LogP contribution in [0.1, 0.15) is 33.1 Å². The fraction of sp³-hybridized carbons (Fsp3) is 0.800. The molecule has 0 saturated heterocycles. The van der Waals surface area contributed by atoms with Crippen molar-refractivity contribution < 1.29 is 13.2 Å². The van der Waals surface area contributed by atoms with Gasteiger partial charge in [-0.25, -0.2) is 0 Å². The highest BCUT2D eigenvalue weighted by atomic mass is 19.4. The Bertz CT molecular complexity index is 193. The summed E-state index contributed by atoms with van der Waals surface area (Å²) in [5.41, 5.74) is 0. The van der Waals surface area contributed by atoms with Crippen LogP contribution in [0.3, 0.4) is 0 Å². The zero-order valence-corrected chi connectivity index (χ0v) is 8.49. The quantitative estimate of drug-likeness (QED) is 0.683. The van der Waals surface area contributed by atoms with Gasteiger partial charge in [-0.3, -0.25) is 0 Å². The lowest BCUT2D eigenvalue weighted by atomic mass is 10.1. The van der Waals surface area contributed by atoms with Gasteiger partial charge in [-0.1, -0.05) is 6.92 Å². The molecular weight excluding hydrogens is 191 g/mol. The molecule has 0 rings (SSSR count). The average Bonchev–Trinajstić information content (AvgIpc) is 2.00. The van der Waals surface area contributed by atoms with Crippen molar-refractivity contribution in [1.29, 1.82) is 0 Å². The molecule has 2 unspecified atom stereocenters. The second-order valence-corrected chi connectivity index (χ2v) is 3.40. The molecule has 0 bridgehead atoms. The van der Waals surface area contributed by atoms with E-state index in [2.05, 4.69) is 11.2 Å². The third kappa shape index (κ3) is 6.79. The molecule has 0 aliphatic carbocycles. The summed E-state index contributed by atoms with van der Waals surface area (Å²) >= 11 is 0. The normalized spacial score (nSPS) is 16.0. The molecule has 0 aliphatic rings. The SMILES string of the molecule is C#CCC(CC)NC(C)CC(F)(F)F. The fourth-order valence-corrected chi connectivity index (χ4v) is 1.27. The Morgan fingerprint density at radius 2 is 2.00 bits per heavy atom. The van der Waals surface area contributed by atoms with E-state index in [-0.39, 0.29) is 6.04 Å². The maximum absolute atomic E-state index is 12.0. The molecule has 0 radical (unpaired) electrons. The van der Waals surface area contributed by atoms with E-state index in [1.54, 1.807) is 0 Å². The number of hydrogen-bond donors (Lipinski definition) is 1. The maximum Gasteiger partial charge on any atom is 0.390 e. The smallest absolute Gasteiger partial charge is 0.310 e. The molecule has 0 saturated carbocycles. The standard InChI is InChI=1S/C10H16F3N/c1-4-6-9(5-2)14-8(3)7-10(11,12)13/h1,8-9,14H,5-7H2,2-3H3. The van der Waals surface area contributed by atoms with Gasteiger partial charge in [0.15, 0.2) is 0 Å². The molecule has 0 spiro atoms. The van der Waals surface area contributed by atoms with E-state index < -0.39 is 18.6 Å². The predicted molar refractivity (Wildman–Crippen MR) is 50.8 cm³/mol. The lowest BCUT2D eigenvalue weighted by Gasteiger charge is -2.21. The summed E-state index contributed by atoms with van der Waals surface area (Å²) in [5.74, 6) is 2.44. The predicted octanol–water partition coefficient (Wildman–Crippen LogP) is 2.72. The Hall–Kier alpha value is -0.690. The zero-order chi connectivity index (χ0) is 11.2. The molecule has 0 amide bonds. The van der Waals surface area contributed by atoms with Crippen LogP contribution in [0.15, 0.2) is 0 Å². The van der Waals surface area contributed by atoms with Crippen LogP contribution < -0.4 is 5.32 Å². The number of hydrogen-bond acceptors (Lipinski definition) is 1. The van der Waals surface area contributed by atoms with Crippen molar-refractivity contribution in [3.63, 3.8) is 0 Å². The van der Waals surface area contributed by atoms with Crippen molar-refractivity contribution >= 4 is 0 Å². The highest BCUT2D eigenvalue weighted by molar-refractivity contribution is 4.90. The van der Waals surface area contributed by atoms with Crippen LogP contribution in [0.2, 0.25) is 0 Å². The van der Waals surface area contributed by atoms with Crippen molar-refractivity contribution in [2.45, 2.75) is 51.4 Å². The number of halogens is 3. The molecular formula is C10H16F3N. The Balaban J connectivity index is 3.91. The van der Waals surface area contributed by atoms with Gasteiger partial charge in [0, 0.05) is 18.5 Å². The third-order valence-electron chi connectivity index (χ3n) is 1.91. The van der Waals surface area contributed by atoms with E-state index in [4.69, 9.17) is 6.42 Å². The highest BCUT2D eigenvalue weighted by Crippen LogP contribution is 2.21. The van der Waals surface area contributed by atoms with Gasteiger partial charge in [-0.05, 0) is 13.3 Å². The van der Waals surface area contributed by atoms with Gasteiger partial charge < -0.3 is 5.32 Å². The van der Waals surface area contributed by atoms with Gasteiger partial charge in [-0.2, -0.15) is 13.2 Å².